The number of Topliss-reactive ketones (excluding diaryl/α,β-unsaturated/α-hetero) is 1. The van der Waals surface area contributed by atoms with E-state index in [9.17, 15) is 13.6 Å². The first-order chi connectivity index (χ1) is 9.08. The molecule has 0 saturated heterocycles. The van der Waals surface area contributed by atoms with Crippen LogP contribution >= 0.6 is 0 Å². The molecule has 19 heavy (non-hydrogen) atoms. The summed E-state index contributed by atoms with van der Waals surface area (Å²) < 4.78 is 25.8. The van der Waals surface area contributed by atoms with Gasteiger partial charge in [-0.1, -0.05) is 24.3 Å². The van der Waals surface area contributed by atoms with Crippen molar-refractivity contribution in [3.63, 3.8) is 0 Å². The second kappa shape index (κ2) is 5.74. The van der Waals surface area contributed by atoms with Gasteiger partial charge in [-0.15, -0.1) is 0 Å². The lowest BCUT2D eigenvalue weighted by molar-refractivity contribution is 0.0982. The van der Waals surface area contributed by atoms with Crippen molar-refractivity contribution >= 4 is 5.78 Å². The van der Waals surface area contributed by atoms with Crippen molar-refractivity contribution in [2.75, 3.05) is 0 Å². The van der Waals surface area contributed by atoms with Crippen molar-refractivity contribution in [2.24, 2.45) is 0 Å². The van der Waals surface area contributed by atoms with Gasteiger partial charge in [0, 0.05) is 12.0 Å². The lowest BCUT2D eigenvalue weighted by Crippen LogP contribution is -2.03. The predicted octanol–water partition coefficient (Wildman–Crippen LogP) is 4.09. The van der Waals surface area contributed by atoms with Crippen LogP contribution in [0.5, 0.6) is 0 Å². The summed E-state index contributed by atoms with van der Waals surface area (Å²) >= 11 is 0. The van der Waals surface area contributed by atoms with Crippen molar-refractivity contribution in [1.29, 1.82) is 0 Å². The first-order valence-electron chi connectivity index (χ1n) is 6.10. The molecule has 0 aliphatic rings. The van der Waals surface area contributed by atoms with Gasteiger partial charge in [0.1, 0.15) is 0 Å². The minimum atomic E-state index is -0.984. The predicted molar refractivity (Wildman–Crippen MR) is 70.2 cm³/mol. The molecule has 0 aromatic heterocycles. The number of carbonyl (C=O) groups excluding carboxylic acids is 1. The van der Waals surface area contributed by atoms with E-state index in [0.717, 1.165) is 23.3 Å². The van der Waals surface area contributed by atoms with Crippen LogP contribution in [0.15, 0.2) is 42.5 Å². The largest absolute Gasteiger partial charge is 0.294 e. The summed E-state index contributed by atoms with van der Waals surface area (Å²) in [6.45, 7) is 1.98. The van der Waals surface area contributed by atoms with Crippen LogP contribution in [0.1, 0.15) is 27.9 Å². The number of hydrogen-bond donors (Lipinski definition) is 0. The zero-order valence-electron chi connectivity index (χ0n) is 10.6. The third kappa shape index (κ3) is 3.25. The Hall–Kier alpha value is -2.03. The summed E-state index contributed by atoms with van der Waals surface area (Å²) in [7, 11) is 0. The Morgan fingerprint density at radius 1 is 1.05 bits per heavy atom. The van der Waals surface area contributed by atoms with E-state index in [1.54, 1.807) is 0 Å². The third-order valence-electron chi connectivity index (χ3n) is 3.12. The standard InChI is InChI=1S/C16H14F2O/c1-11-4-2-3-5-12(11)7-9-16(19)13-6-8-14(17)15(18)10-13/h2-6,8,10H,7,9H2,1H3. The molecule has 0 saturated carbocycles. The lowest BCUT2D eigenvalue weighted by atomic mass is 10.00. The van der Waals surface area contributed by atoms with Gasteiger partial charge in [-0.2, -0.15) is 0 Å². The number of carbonyl (C=O) groups is 1. The highest BCUT2D eigenvalue weighted by atomic mass is 19.2. The lowest BCUT2D eigenvalue weighted by Gasteiger charge is -2.05. The quantitative estimate of drug-likeness (QED) is 0.757. The van der Waals surface area contributed by atoms with Gasteiger partial charge in [-0.25, -0.2) is 8.78 Å². The number of hydrogen-bond acceptors (Lipinski definition) is 1. The highest BCUT2D eigenvalue weighted by Gasteiger charge is 2.10. The van der Waals surface area contributed by atoms with Crippen molar-refractivity contribution in [1.82, 2.24) is 0 Å². The molecule has 1 nitrogen and oxygen atoms in total. The zero-order valence-corrected chi connectivity index (χ0v) is 10.6. The van der Waals surface area contributed by atoms with Crippen LogP contribution in [0.3, 0.4) is 0 Å². The van der Waals surface area contributed by atoms with E-state index in [1.165, 1.54) is 6.07 Å². The smallest absolute Gasteiger partial charge is 0.163 e. The Balaban J connectivity index is 2.05. The first kappa shape index (κ1) is 13.4. The molecule has 0 heterocycles. The summed E-state index contributed by atoms with van der Waals surface area (Å²) in [4.78, 5) is 11.9. The maximum atomic E-state index is 13.0. The van der Waals surface area contributed by atoms with E-state index in [4.69, 9.17) is 0 Å². The maximum absolute atomic E-state index is 13.0. The van der Waals surface area contributed by atoms with Gasteiger partial charge in [0.05, 0.1) is 0 Å². The van der Waals surface area contributed by atoms with E-state index >= 15 is 0 Å². The maximum Gasteiger partial charge on any atom is 0.163 e. The molecule has 2 rings (SSSR count). The highest BCUT2D eigenvalue weighted by molar-refractivity contribution is 5.96. The van der Waals surface area contributed by atoms with Gasteiger partial charge >= 0.3 is 0 Å². The van der Waals surface area contributed by atoms with Crippen molar-refractivity contribution in [3.8, 4) is 0 Å². The number of aryl methyl sites for hydroxylation is 2. The fourth-order valence-corrected chi connectivity index (χ4v) is 1.95. The second-order valence-corrected chi connectivity index (χ2v) is 4.48. The average Bonchev–Trinajstić information content (AvgIpc) is 2.40. The summed E-state index contributed by atoms with van der Waals surface area (Å²) in [5.41, 5.74) is 2.44. The molecule has 2 aromatic rings. The fraction of sp³-hybridized carbons (Fsp3) is 0.188. The monoisotopic (exact) mass is 260 g/mol. The Labute approximate surface area is 110 Å². The molecule has 0 radical (unpaired) electrons. The topological polar surface area (TPSA) is 17.1 Å². The number of benzene rings is 2. The molecule has 0 spiro atoms. The van der Waals surface area contributed by atoms with Gasteiger partial charge < -0.3 is 0 Å². The highest BCUT2D eigenvalue weighted by Crippen LogP contribution is 2.14. The Kier molecular flexibility index (Phi) is 4.05. The molecule has 0 fully saturated rings. The normalized spacial score (nSPS) is 10.5. The van der Waals surface area contributed by atoms with E-state index in [2.05, 4.69) is 0 Å². The molecule has 2 aromatic carbocycles. The van der Waals surface area contributed by atoms with E-state index in [0.29, 0.717) is 6.42 Å². The van der Waals surface area contributed by atoms with Crippen LogP contribution in [0, 0.1) is 18.6 Å². The molecule has 0 aliphatic carbocycles. The third-order valence-corrected chi connectivity index (χ3v) is 3.12. The van der Waals surface area contributed by atoms with Crippen LogP contribution in [0.2, 0.25) is 0 Å². The van der Waals surface area contributed by atoms with E-state index < -0.39 is 11.6 Å². The number of halogens is 2. The van der Waals surface area contributed by atoms with Crippen molar-refractivity contribution < 1.29 is 13.6 Å². The molecule has 0 N–H and O–H groups in total. The summed E-state index contributed by atoms with van der Waals surface area (Å²) in [6, 6.07) is 11.1. The molecule has 0 amide bonds. The summed E-state index contributed by atoms with van der Waals surface area (Å²) in [5.74, 6) is -2.10. The average molecular weight is 260 g/mol. The van der Waals surface area contributed by atoms with Gasteiger partial charge in [-0.3, -0.25) is 4.79 Å². The Bertz CT molecular complexity index is 605. The molecular weight excluding hydrogens is 246 g/mol. The number of rotatable bonds is 4. The molecule has 98 valence electrons. The van der Waals surface area contributed by atoms with Gasteiger partial charge in [-0.05, 0) is 42.7 Å². The first-order valence-corrected chi connectivity index (χ1v) is 6.10. The van der Waals surface area contributed by atoms with Crippen LogP contribution in [0.25, 0.3) is 0 Å². The van der Waals surface area contributed by atoms with Gasteiger partial charge in [0.15, 0.2) is 17.4 Å². The molecule has 3 heteroatoms. The molecule has 0 unspecified atom stereocenters. The second-order valence-electron chi connectivity index (χ2n) is 4.48. The van der Waals surface area contributed by atoms with E-state index in [1.807, 2.05) is 31.2 Å². The minimum absolute atomic E-state index is 0.179. The zero-order chi connectivity index (χ0) is 13.8. The van der Waals surface area contributed by atoms with Gasteiger partial charge in [0.25, 0.3) is 0 Å². The molecule has 0 bridgehead atoms. The molecular formula is C16H14F2O. The fourth-order valence-electron chi connectivity index (χ4n) is 1.95. The minimum Gasteiger partial charge on any atom is -0.294 e. The SMILES string of the molecule is Cc1ccccc1CCC(=O)c1ccc(F)c(F)c1. The Morgan fingerprint density at radius 3 is 2.47 bits per heavy atom. The van der Waals surface area contributed by atoms with Gasteiger partial charge in [0.2, 0.25) is 0 Å². The molecule has 0 aliphatic heterocycles. The number of ketones is 1. The van der Waals surface area contributed by atoms with Crippen molar-refractivity contribution in [3.05, 3.63) is 70.8 Å². The van der Waals surface area contributed by atoms with Crippen LogP contribution in [0.4, 0.5) is 8.78 Å². The van der Waals surface area contributed by atoms with Crippen LogP contribution in [-0.4, -0.2) is 5.78 Å². The van der Waals surface area contributed by atoms with Crippen LogP contribution in [-0.2, 0) is 6.42 Å². The molecule has 0 atom stereocenters. The van der Waals surface area contributed by atoms with Crippen molar-refractivity contribution in [2.45, 2.75) is 19.8 Å². The Morgan fingerprint density at radius 2 is 1.79 bits per heavy atom. The summed E-state index contributed by atoms with van der Waals surface area (Å²) in [5, 5.41) is 0. The van der Waals surface area contributed by atoms with Crippen LogP contribution < -0.4 is 0 Å². The summed E-state index contributed by atoms with van der Waals surface area (Å²) in [6.07, 6.45) is 0.889. The van der Waals surface area contributed by atoms with E-state index in [-0.39, 0.29) is 17.8 Å².